The largest absolute Gasteiger partial charge is 0.478 e. The molecule has 1 fully saturated rings. The van der Waals surface area contributed by atoms with Crippen molar-refractivity contribution in [1.29, 1.82) is 0 Å². The van der Waals surface area contributed by atoms with Crippen LogP contribution in [0.5, 0.6) is 0 Å². The van der Waals surface area contributed by atoms with Crippen LogP contribution in [0.1, 0.15) is 23.2 Å². The lowest BCUT2D eigenvalue weighted by molar-refractivity contribution is -0.121. The fourth-order valence-corrected chi connectivity index (χ4v) is 2.41. The van der Waals surface area contributed by atoms with Crippen molar-refractivity contribution < 1.29 is 14.7 Å². The van der Waals surface area contributed by atoms with Crippen LogP contribution in [0.15, 0.2) is 12.3 Å². The van der Waals surface area contributed by atoms with Crippen LogP contribution in [0, 0.1) is 0 Å². The van der Waals surface area contributed by atoms with Gasteiger partial charge >= 0.3 is 5.97 Å². The number of halogens is 1. The fraction of sp³-hybridized carbons (Fsp3) is 0.417. The zero-order valence-electron chi connectivity index (χ0n) is 10.4. The van der Waals surface area contributed by atoms with Crippen LogP contribution < -0.4 is 10.2 Å². The Balaban J connectivity index is 2.33. The smallest absolute Gasteiger partial charge is 0.337 e. The second-order valence-electron chi connectivity index (χ2n) is 4.29. The van der Waals surface area contributed by atoms with Gasteiger partial charge in [-0.15, -0.1) is 0 Å². The zero-order valence-corrected chi connectivity index (χ0v) is 11.1. The quantitative estimate of drug-likeness (QED) is 0.869. The average molecular weight is 284 g/mol. The topological polar surface area (TPSA) is 82.5 Å². The van der Waals surface area contributed by atoms with E-state index in [2.05, 4.69) is 10.3 Å². The minimum atomic E-state index is -1.11. The van der Waals surface area contributed by atoms with Gasteiger partial charge in [-0.05, 0) is 18.9 Å². The van der Waals surface area contributed by atoms with Gasteiger partial charge in [0.2, 0.25) is 5.91 Å². The van der Waals surface area contributed by atoms with E-state index in [1.165, 1.54) is 12.3 Å². The van der Waals surface area contributed by atoms with E-state index in [1.807, 2.05) is 4.90 Å². The number of carbonyl (C=O) groups is 2. The molecule has 0 spiro atoms. The summed E-state index contributed by atoms with van der Waals surface area (Å²) in [5, 5.41) is 11.7. The minimum Gasteiger partial charge on any atom is -0.478 e. The molecule has 1 aliphatic heterocycles. The number of hydrogen-bond acceptors (Lipinski definition) is 4. The Morgan fingerprint density at radius 2 is 2.32 bits per heavy atom. The van der Waals surface area contributed by atoms with Crippen molar-refractivity contribution in [1.82, 2.24) is 10.3 Å². The number of nitrogens with zero attached hydrogens (tertiary/aromatic N) is 2. The molecular formula is C12H14ClN3O3. The summed E-state index contributed by atoms with van der Waals surface area (Å²) in [6.45, 7) is 0.672. The normalized spacial score (nSPS) is 18.4. The molecule has 0 aliphatic carbocycles. The van der Waals surface area contributed by atoms with Crippen molar-refractivity contribution in [3.63, 3.8) is 0 Å². The van der Waals surface area contributed by atoms with Crippen LogP contribution in [-0.2, 0) is 4.79 Å². The van der Waals surface area contributed by atoms with E-state index in [0.29, 0.717) is 12.4 Å². The van der Waals surface area contributed by atoms with Crippen molar-refractivity contribution >= 4 is 29.3 Å². The maximum Gasteiger partial charge on any atom is 0.337 e. The molecular weight excluding hydrogens is 270 g/mol. The van der Waals surface area contributed by atoms with Gasteiger partial charge in [0.05, 0.1) is 10.6 Å². The van der Waals surface area contributed by atoms with E-state index in [1.54, 1.807) is 7.05 Å². The van der Waals surface area contributed by atoms with E-state index >= 15 is 0 Å². The fourth-order valence-electron chi connectivity index (χ4n) is 2.23. The Morgan fingerprint density at radius 3 is 2.95 bits per heavy atom. The van der Waals surface area contributed by atoms with Gasteiger partial charge < -0.3 is 15.3 Å². The SMILES string of the molecule is CNC(=O)C1CCCN1c1cc(C(=O)O)c(Cl)cn1. The number of aromatic carboxylic acids is 1. The van der Waals surface area contributed by atoms with Gasteiger partial charge in [-0.2, -0.15) is 0 Å². The van der Waals surface area contributed by atoms with Gasteiger partial charge in [-0.3, -0.25) is 4.79 Å². The highest BCUT2D eigenvalue weighted by Crippen LogP contribution is 2.27. The first-order chi connectivity index (χ1) is 9.04. The monoisotopic (exact) mass is 283 g/mol. The number of rotatable bonds is 3. The van der Waals surface area contributed by atoms with Crippen LogP contribution in [-0.4, -0.2) is 41.6 Å². The number of likely N-dealkylation sites (N-methyl/N-ethyl adjacent to an activating group) is 1. The standard InChI is InChI=1S/C12H14ClN3O3/c1-14-11(17)9-3-2-4-16(9)10-5-7(12(18)19)8(13)6-15-10/h5-6,9H,2-4H2,1H3,(H,14,17)(H,18,19). The number of carbonyl (C=O) groups excluding carboxylic acids is 1. The first-order valence-corrected chi connectivity index (χ1v) is 6.29. The molecule has 0 bridgehead atoms. The van der Waals surface area contributed by atoms with E-state index in [0.717, 1.165) is 12.8 Å². The van der Waals surface area contributed by atoms with Gasteiger partial charge in [0, 0.05) is 19.8 Å². The van der Waals surface area contributed by atoms with E-state index in [9.17, 15) is 9.59 Å². The summed E-state index contributed by atoms with van der Waals surface area (Å²) in [4.78, 5) is 28.7. The highest BCUT2D eigenvalue weighted by atomic mass is 35.5. The Labute approximate surface area is 115 Å². The molecule has 102 valence electrons. The molecule has 2 rings (SSSR count). The lowest BCUT2D eigenvalue weighted by Crippen LogP contribution is -2.42. The van der Waals surface area contributed by atoms with Crippen molar-refractivity contribution in [3.8, 4) is 0 Å². The molecule has 6 nitrogen and oxygen atoms in total. The Hall–Kier alpha value is -1.82. The molecule has 1 saturated heterocycles. The van der Waals surface area contributed by atoms with Crippen LogP contribution in [0.4, 0.5) is 5.82 Å². The number of carboxylic acid groups (broad SMARTS) is 1. The Bertz CT molecular complexity index is 521. The summed E-state index contributed by atoms with van der Waals surface area (Å²) in [5.41, 5.74) is -0.00535. The zero-order chi connectivity index (χ0) is 14.0. The molecule has 1 aliphatic rings. The molecule has 1 aromatic rings. The molecule has 1 atom stereocenters. The predicted molar refractivity (Wildman–Crippen MR) is 70.6 cm³/mol. The first-order valence-electron chi connectivity index (χ1n) is 5.91. The average Bonchev–Trinajstić information content (AvgIpc) is 2.87. The second-order valence-corrected chi connectivity index (χ2v) is 4.70. The lowest BCUT2D eigenvalue weighted by atomic mass is 10.2. The van der Waals surface area contributed by atoms with Gasteiger partial charge in [0.25, 0.3) is 0 Å². The Kier molecular flexibility index (Phi) is 3.90. The van der Waals surface area contributed by atoms with Crippen LogP contribution in [0.2, 0.25) is 5.02 Å². The molecule has 1 aromatic heterocycles. The van der Waals surface area contributed by atoms with Gasteiger partial charge in [-0.1, -0.05) is 11.6 Å². The molecule has 0 aromatic carbocycles. The predicted octanol–water partition coefficient (Wildman–Crippen LogP) is 1.15. The summed E-state index contributed by atoms with van der Waals surface area (Å²) in [6, 6.07) is 1.10. The number of amides is 1. The van der Waals surface area contributed by atoms with Crippen LogP contribution >= 0.6 is 11.6 Å². The van der Waals surface area contributed by atoms with Crippen molar-refractivity contribution in [2.75, 3.05) is 18.5 Å². The number of nitrogens with one attached hydrogen (secondary N) is 1. The van der Waals surface area contributed by atoms with Crippen LogP contribution in [0.3, 0.4) is 0 Å². The highest BCUT2D eigenvalue weighted by Gasteiger charge is 2.31. The molecule has 19 heavy (non-hydrogen) atoms. The lowest BCUT2D eigenvalue weighted by Gasteiger charge is -2.24. The second kappa shape index (κ2) is 5.44. The summed E-state index contributed by atoms with van der Waals surface area (Å²) in [7, 11) is 1.58. The third kappa shape index (κ3) is 2.63. The number of carboxylic acids is 1. The summed E-state index contributed by atoms with van der Waals surface area (Å²) >= 11 is 5.78. The molecule has 7 heteroatoms. The summed E-state index contributed by atoms with van der Waals surface area (Å²) in [5.74, 6) is -0.733. The molecule has 0 saturated carbocycles. The maximum absolute atomic E-state index is 11.8. The molecule has 2 heterocycles. The minimum absolute atomic E-state index is 0.00535. The molecule has 0 radical (unpaired) electrons. The number of aromatic nitrogens is 1. The summed E-state index contributed by atoms with van der Waals surface area (Å²) < 4.78 is 0. The van der Waals surface area contributed by atoms with Crippen molar-refractivity contribution in [2.24, 2.45) is 0 Å². The molecule has 2 N–H and O–H groups in total. The van der Waals surface area contributed by atoms with E-state index in [-0.39, 0.29) is 22.5 Å². The third-order valence-corrected chi connectivity index (χ3v) is 3.47. The third-order valence-electron chi connectivity index (χ3n) is 3.17. The van der Waals surface area contributed by atoms with Crippen molar-refractivity contribution in [3.05, 3.63) is 22.8 Å². The van der Waals surface area contributed by atoms with Gasteiger partial charge in [-0.25, -0.2) is 9.78 Å². The van der Waals surface area contributed by atoms with E-state index < -0.39 is 5.97 Å². The maximum atomic E-state index is 11.8. The first kappa shape index (κ1) is 13.6. The Morgan fingerprint density at radius 1 is 1.58 bits per heavy atom. The van der Waals surface area contributed by atoms with Gasteiger partial charge in [0.1, 0.15) is 11.9 Å². The van der Waals surface area contributed by atoms with Gasteiger partial charge in [0.15, 0.2) is 0 Å². The number of pyridine rings is 1. The highest BCUT2D eigenvalue weighted by molar-refractivity contribution is 6.33. The van der Waals surface area contributed by atoms with Crippen LogP contribution in [0.25, 0.3) is 0 Å². The molecule has 1 unspecified atom stereocenters. The van der Waals surface area contributed by atoms with E-state index in [4.69, 9.17) is 16.7 Å². The number of hydrogen-bond donors (Lipinski definition) is 2. The summed E-state index contributed by atoms with van der Waals surface area (Å²) in [6.07, 6.45) is 2.90. The molecule has 1 amide bonds. The number of anilines is 1. The van der Waals surface area contributed by atoms with Crippen molar-refractivity contribution in [2.45, 2.75) is 18.9 Å².